The molecule has 0 amide bonds. The lowest BCUT2D eigenvalue weighted by Crippen LogP contribution is -1.84. The highest BCUT2D eigenvalue weighted by molar-refractivity contribution is 6.10. The van der Waals surface area contributed by atoms with Gasteiger partial charge in [0.25, 0.3) is 0 Å². The second-order valence-corrected chi connectivity index (χ2v) is 14.9. The van der Waals surface area contributed by atoms with Gasteiger partial charge in [0.05, 0.1) is 0 Å². The predicted molar refractivity (Wildman–Crippen MR) is 235 cm³/mol. The summed E-state index contributed by atoms with van der Waals surface area (Å²) in [4.78, 5) is 0. The van der Waals surface area contributed by atoms with Crippen molar-refractivity contribution in [2.45, 2.75) is 0 Å². The molecular formula is C54H32O3. The van der Waals surface area contributed by atoms with Gasteiger partial charge < -0.3 is 13.3 Å². The Kier molecular flexibility index (Phi) is 6.93. The van der Waals surface area contributed by atoms with Gasteiger partial charge in [-0.25, -0.2) is 0 Å². The monoisotopic (exact) mass is 728 g/mol. The van der Waals surface area contributed by atoms with Crippen LogP contribution in [0.3, 0.4) is 0 Å². The predicted octanol–water partition coefficient (Wildman–Crippen LogP) is 15.7. The summed E-state index contributed by atoms with van der Waals surface area (Å²) in [5, 5.41) is 6.74. The molecule has 0 aliphatic rings. The van der Waals surface area contributed by atoms with Crippen LogP contribution >= 0.6 is 0 Å². The Morgan fingerprint density at radius 3 is 1.09 bits per heavy atom. The highest BCUT2D eigenvalue weighted by atomic mass is 16.3. The zero-order valence-corrected chi connectivity index (χ0v) is 30.7. The molecule has 0 N–H and O–H groups in total. The van der Waals surface area contributed by atoms with E-state index in [0.717, 1.165) is 121 Å². The van der Waals surface area contributed by atoms with Gasteiger partial charge in [0.2, 0.25) is 0 Å². The molecular weight excluding hydrogens is 697 g/mol. The number of fused-ring (bicyclic) bond motifs is 9. The SMILES string of the molecule is c1cc(-c2cccc(-c3cccc4c3oc3ccccc34)c2)cc(-c2ccc3oc4ccc(-c5cccc(-c6ccc7oc8ccccc8c7c6)c5)cc4c3c2)c1. The van der Waals surface area contributed by atoms with E-state index in [1.54, 1.807) is 0 Å². The van der Waals surface area contributed by atoms with E-state index in [-0.39, 0.29) is 0 Å². The quantitative estimate of drug-likeness (QED) is 0.177. The Labute approximate surface area is 327 Å². The second kappa shape index (κ2) is 12.5. The van der Waals surface area contributed by atoms with Gasteiger partial charge in [-0.2, -0.15) is 0 Å². The molecule has 57 heavy (non-hydrogen) atoms. The lowest BCUT2D eigenvalue weighted by atomic mass is 9.95. The summed E-state index contributed by atoms with van der Waals surface area (Å²) in [6.07, 6.45) is 0. The van der Waals surface area contributed by atoms with E-state index in [0.29, 0.717) is 0 Å². The van der Waals surface area contributed by atoms with Crippen molar-refractivity contribution >= 4 is 65.8 Å². The molecule has 0 aliphatic heterocycles. The van der Waals surface area contributed by atoms with Crippen molar-refractivity contribution < 1.29 is 13.3 Å². The van der Waals surface area contributed by atoms with Crippen LogP contribution in [-0.2, 0) is 0 Å². The van der Waals surface area contributed by atoms with Crippen molar-refractivity contribution in [3.8, 4) is 55.6 Å². The van der Waals surface area contributed by atoms with Crippen LogP contribution in [-0.4, -0.2) is 0 Å². The summed E-state index contributed by atoms with van der Waals surface area (Å²) >= 11 is 0. The van der Waals surface area contributed by atoms with Crippen LogP contribution in [0.4, 0.5) is 0 Å². The Morgan fingerprint density at radius 2 is 0.561 bits per heavy atom. The molecule has 12 rings (SSSR count). The van der Waals surface area contributed by atoms with Crippen LogP contribution in [0.25, 0.3) is 121 Å². The molecule has 9 aromatic carbocycles. The normalized spacial score (nSPS) is 11.9. The maximum atomic E-state index is 6.39. The van der Waals surface area contributed by atoms with E-state index in [1.165, 1.54) is 0 Å². The van der Waals surface area contributed by atoms with Crippen LogP contribution in [0, 0.1) is 0 Å². The van der Waals surface area contributed by atoms with E-state index in [9.17, 15) is 0 Å². The zero-order chi connectivity index (χ0) is 37.5. The zero-order valence-electron chi connectivity index (χ0n) is 30.7. The minimum Gasteiger partial charge on any atom is -0.456 e. The van der Waals surface area contributed by atoms with E-state index in [1.807, 2.05) is 24.3 Å². The molecule has 0 saturated heterocycles. The lowest BCUT2D eigenvalue weighted by molar-refractivity contribution is 0.668. The minimum atomic E-state index is 0.879. The molecule has 0 saturated carbocycles. The van der Waals surface area contributed by atoms with Gasteiger partial charge in [0, 0.05) is 37.9 Å². The van der Waals surface area contributed by atoms with Crippen molar-refractivity contribution in [1.82, 2.24) is 0 Å². The number of hydrogen-bond donors (Lipinski definition) is 0. The van der Waals surface area contributed by atoms with Crippen molar-refractivity contribution in [2.24, 2.45) is 0 Å². The van der Waals surface area contributed by atoms with Gasteiger partial charge in [-0.1, -0.05) is 127 Å². The van der Waals surface area contributed by atoms with Crippen LogP contribution in [0.15, 0.2) is 207 Å². The fourth-order valence-electron chi connectivity index (χ4n) is 8.64. The summed E-state index contributed by atoms with van der Waals surface area (Å²) in [5.74, 6) is 0. The largest absolute Gasteiger partial charge is 0.456 e. The maximum Gasteiger partial charge on any atom is 0.143 e. The number of furan rings is 3. The Morgan fingerprint density at radius 1 is 0.211 bits per heavy atom. The van der Waals surface area contributed by atoms with Crippen LogP contribution in [0.2, 0.25) is 0 Å². The molecule has 3 aromatic heterocycles. The van der Waals surface area contributed by atoms with Crippen molar-refractivity contribution in [3.05, 3.63) is 194 Å². The number of para-hydroxylation sites is 3. The first-order valence-corrected chi connectivity index (χ1v) is 19.3. The van der Waals surface area contributed by atoms with Gasteiger partial charge in [-0.15, -0.1) is 0 Å². The third-order valence-electron chi connectivity index (χ3n) is 11.5. The molecule has 266 valence electrons. The second-order valence-electron chi connectivity index (χ2n) is 14.9. The molecule has 0 radical (unpaired) electrons. The summed E-state index contributed by atoms with van der Waals surface area (Å²) in [6, 6.07) is 68.7. The van der Waals surface area contributed by atoms with Gasteiger partial charge >= 0.3 is 0 Å². The molecule has 0 bridgehead atoms. The number of rotatable bonds is 5. The highest BCUT2D eigenvalue weighted by Crippen LogP contribution is 2.40. The first-order chi connectivity index (χ1) is 28.2. The van der Waals surface area contributed by atoms with Crippen LogP contribution in [0.5, 0.6) is 0 Å². The smallest absolute Gasteiger partial charge is 0.143 e. The molecule has 0 unspecified atom stereocenters. The van der Waals surface area contributed by atoms with Gasteiger partial charge in [0.15, 0.2) is 0 Å². The lowest BCUT2D eigenvalue weighted by Gasteiger charge is -2.09. The molecule has 12 aromatic rings. The standard InChI is InChI=1S/C54H32O3/c1-4-20-50-43(15-1)45-18-8-17-42(54(45)57-50)41-14-7-13-37(29-41)33-9-5-10-34(27-33)39-22-25-52-47(31-39)48-32-40(23-26-53(48)56-52)36-12-6-11-35(28-36)38-21-24-51-46(30-38)44-16-2-3-19-49(44)55-51/h1-32H. The maximum absolute atomic E-state index is 6.39. The van der Waals surface area contributed by atoms with E-state index in [4.69, 9.17) is 13.3 Å². The Balaban J connectivity index is 0.892. The molecule has 0 aliphatic carbocycles. The molecule has 0 spiro atoms. The minimum absolute atomic E-state index is 0.879. The fraction of sp³-hybridized carbons (Fsp3) is 0. The summed E-state index contributed by atoms with van der Waals surface area (Å²) in [7, 11) is 0. The average Bonchev–Trinajstić information content (AvgIpc) is 3.97. The van der Waals surface area contributed by atoms with Crippen molar-refractivity contribution in [2.75, 3.05) is 0 Å². The average molecular weight is 729 g/mol. The van der Waals surface area contributed by atoms with Crippen LogP contribution < -0.4 is 0 Å². The third-order valence-corrected chi connectivity index (χ3v) is 11.5. The van der Waals surface area contributed by atoms with Crippen LogP contribution in [0.1, 0.15) is 0 Å². The van der Waals surface area contributed by atoms with E-state index in [2.05, 4.69) is 170 Å². The molecule has 3 heteroatoms. The fourth-order valence-corrected chi connectivity index (χ4v) is 8.64. The summed E-state index contributed by atoms with van der Waals surface area (Å²) in [6.45, 7) is 0. The number of hydrogen-bond acceptors (Lipinski definition) is 3. The highest BCUT2D eigenvalue weighted by Gasteiger charge is 2.15. The van der Waals surface area contributed by atoms with E-state index >= 15 is 0 Å². The molecule has 0 fully saturated rings. The van der Waals surface area contributed by atoms with Crippen molar-refractivity contribution in [3.63, 3.8) is 0 Å². The third kappa shape index (κ3) is 5.21. The van der Waals surface area contributed by atoms with Crippen molar-refractivity contribution in [1.29, 1.82) is 0 Å². The Hall–Kier alpha value is -7.62. The van der Waals surface area contributed by atoms with E-state index < -0.39 is 0 Å². The molecule has 3 nitrogen and oxygen atoms in total. The molecule has 0 atom stereocenters. The summed E-state index contributed by atoms with van der Waals surface area (Å²) < 4.78 is 18.9. The first kappa shape index (κ1) is 31.7. The van der Waals surface area contributed by atoms with Gasteiger partial charge in [-0.3, -0.25) is 0 Å². The van der Waals surface area contributed by atoms with Gasteiger partial charge in [-0.05, 0) is 117 Å². The Bertz CT molecular complexity index is 3540. The topological polar surface area (TPSA) is 39.4 Å². The molecule has 3 heterocycles. The first-order valence-electron chi connectivity index (χ1n) is 19.3. The number of benzene rings is 9. The summed E-state index contributed by atoms with van der Waals surface area (Å²) in [5.41, 5.74) is 16.9. The van der Waals surface area contributed by atoms with Gasteiger partial charge in [0.1, 0.15) is 33.5 Å².